The Bertz CT molecular complexity index is 1330. The number of nitrogens with one attached hydrogen (secondary N) is 1. The monoisotopic (exact) mass is 530 g/mol. The number of anilines is 2. The average molecular weight is 531 g/mol. The molecule has 0 bridgehead atoms. The van der Waals surface area contributed by atoms with Crippen LogP contribution in [-0.2, 0) is 4.79 Å². The Labute approximate surface area is 213 Å². The Kier molecular flexibility index (Phi) is 6.01. The number of amides is 1. The highest BCUT2D eigenvalue weighted by Crippen LogP contribution is 2.48. The number of hydrogen-bond acceptors (Lipinski definition) is 4. The lowest BCUT2D eigenvalue weighted by Crippen LogP contribution is -2.39. The van der Waals surface area contributed by atoms with Crippen LogP contribution in [0.25, 0.3) is 0 Å². The van der Waals surface area contributed by atoms with Crippen LogP contribution >= 0.6 is 15.9 Å². The molecule has 0 radical (unpaired) electrons. The van der Waals surface area contributed by atoms with E-state index in [0.29, 0.717) is 17.6 Å². The molecular weight excluding hydrogens is 504 g/mol. The second-order valence-electron chi connectivity index (χ2n) is 9.83. The number of allylic oxidation sites excluding steroid dienone is 1. The molecule has 178 valence electrons. The molecule has 0 saturated carbocycles. The van der Waals surface area contributed by atoms with E-state index in [-0.39, 0.29) is 17.1 Å². The van der Waals surface area contributed by atoms with Crippen molar-refractivity contribution in [1.29, 1.82) is 0 Å². The van der Waals surface area contributed by atoms with Crippen molar-refractivity contribution in [2.75, 3.05) is 17.3 Å². The van der Waals surface area contributed by atoms with E-state index >= 15 is 0 Å². The van der Waals surface area contributed by atoms with Crippen LogP contribution in [0.3, 0.4) is 0 Å². The van der Waals surface area contributed by atoms with Gasteiger partial charge in [-0.25, -0.2) is 0 Å². The van der Waals surface area contributed by atoms with Gasteiger partial charge in [-0.1, -0.05) is 54.0 Å². The van der Waals surface area contributed by atoms with Gasteiger partial charge in [0.05, 0.1) is 24.5 Å². The summed E-state index contributed by atoms with van der Waals surface area (Å²) in [5, 5.41) is 3.55. The van der Waals surface area contributed by atoms with E-state index in [2.05, 4.69) is 35.1 Å². The lowest BCUT2D eigenvalue weighted by atomic mass is 9.73. The Morgan fingerprint density at radius 1 is 1.00 bits per heavy atom. The highest BCUT2D eigenvalue weighted by molar-refractivity contribution is 9.10. The summed E-state index contributed by atoms with van der Waals surface area (Å²) in [4.78, 5) is 29.7. The number of halogens is 1. The maximum atomic E-state index is 14.2. The molecule has 2 aliphatic rings. The maximum Gasteiger partial charge on any atom is 0.259 e. The molecule has 35 heavy (non-hydrogen) atoms. The second-order valence-corrected chi connectivity index (χ2v) is 10.7. The molecule has 0 aromatic heterocycles. The number of para-hydroxylation sites is 2. The van der Waals surface area contributed by atoms with Gasteiger partial charge < -0.3 is 10.1 Å². The zero-order valence-electron chi connectivity index (χ0n) is 20.0. The highest BCUT2D eigenvalue weighted by Gasteiger charge is 2.43. The third kappa shape index (κ3) is 4.39. The summed E-state index contributed by atoms with van der Waals surface area (Å²) in [6.07, 6.45) is 1.15. The largest absolute Gasteiger partial charge is 0.497 e. The van der Waals surface area contributed by atoms with Crippen LogP contribution in [0.1, 0.15) is 48.7 Å². The number of ether oxygens (including phenoxy) is 1. The Balaban J connectivity index is 1.77. The SMILES string of the molecule is COc1ccc([C@H]2C3=C(CC(C)(C)CC3=O)Nc3ccccc3N2C(=O)c2ccc(Br)cc2)cc1. The van der Waals surface area contributed by atoms with Gasteiger partial charge in [0.2, 0.25) is 0 Å². The van der Waals surface area contributed by atoms with Gasteiger partial charge >= 0.3 is 0 Å². The van der Waals surface area contributed by atoms with E-state index in [4.69, 9.17) is 4.74 Å². The molecule has 1 aliphatic carbocycles. The smallest absolute Gasteiger partial charge is 0.259 e. The molecule has 0 saturated heterocycles. The molecule has 3 aromatic carbocycles. The Hall–Kier alpha value is -3.38. The van der Waals surface area contributed by atoms with Crippen molar-refractivity contribution >= 4 is 39.0 Å². The molecule has 0 fully saturated rings. The molecule has 5 nitrogen and oxygen atoms in total. The summed E-state index contributed by atoms with van der Waals surface area (Å²) in [6.45, 7) is 4.22. The molecule has 1 atom stereocenters. The van der Waals surface area contributed by atoms with Gasteiger partial charge in [-0.3, -0.25) is 14.5 Å². The molecule has 0 unspecified atom stereocenters. The average Bonchev–Trinajstić information content (AvgIpc) is 2.97. The van der Waals surface area contributed by atoms with Gasteiger partial charge in [-0.2, -0.15) is 0 Å². The van der Waals surface area contributed by atoms with Crippen LogP contribution in [0.4, 0.5) is 11.4 Å². The van der Waals surface area contributed by atoms with Crippen LogP contribution in [0.2, 0.25) is 0 Å². The van der Waals surface area contributed by atoms with E-state index in [9.17, 15) is 9.59 Å². The lowest BCUT2D eigenvalue weighted by Gasteiger charge is -2.37. The normalized spacial score (nSPS) is 18.8. The number of methoxy groups -OCH3 is 1. The number of rotatable bonds is 3. The van der Waals surface area contributed by atoms with Crippen molar-refractivity contribution in [1.82, 2.24) is 0 Å². The first kappa shape index (κ1) is 23.4. The van der Waals surface area contributed by atoms with Crippen molar-refractivity contribution in [3.05, 3.63) is 99.7 Å². The van der Waals surface area contributed by atoms with Gasteiger partial charge in [0.25, 0.3) is 5.91 Å². The summed E-state index contributed by atoms with van der Waals surface area (Å²) < 4.78 is 6.27. The van der Waals surface area contributed by atoms with Gasteiger partial charge in [0.15, 0.2) is 5.78 Å². The predicted molar refractivity (Wildman–Crippen MR) is 142 cm³/mol. The summed E-state index contributed by atoms with van der Waals surface area (Å²) in [7, 11) is 1.62. The van der Waals surface area contributed by atoms with Gasteiger partial charge in [-0.05, 0) is 65.9 Å². The van der Waals surface area contributed by atoms with E-state index in [1.165, 1.54) is 0 Å². The summed E-state index contributed by atoms with van der Waals surface area (Å²) >= 11 is 3.46. The number of ketones is 1. The van der Waals surface area contributed by atoms with Crippen LogP contribution in [0, 0.1) is 5.41 Å². The molecule has 1 amide bonds. The van der Waals surface area contributed by atoms with Gasteiger partial charge in [0, 0.05) is 27.7 Å². The minimum atomic E-state index is -0.577. The third-order valence-corrected chi connectivity index (χ3v) is 7.17. The minimum absolute atomic E-state index is 0.0611. The van der Waals surface area contributed by atoms with Crippen molar-refractivity contribution in [2.24, 2.45) is 5.41 Å². The van der Waals surface area contributed by atoms with Crippen molar-refractivity contribution in [3.63, 3.8) is 0 Å². The molecule has 6 heteroatoms. The van der Waals surface area contributed by atoms with Crippen LogP contribution in [0.5, 0.6) is 5.75 Å². The van der Waals surface area contributed by atoms with Crippen LogP contribution in [-0.4, -0.2) is 18.8 Å². The minimum Gasteiger partial charge on any atom is -0.497 e. The summed E-state index contributed by atoms with van der Waals surface area (Å²) in [5.74, 6) is 0.613. The fourth-order valence-corrected chi connectivity index (χ4v) is 5.31. The summed E-state index contributed by atoms with van der Waals surface area (Å²) in [6, 6.07) is 22.1. The van der Waals surface area contributed by atoms with E-state index in [1.807, 2.05) is 60.7 Å². The number of carbonyl (C=O) groups is 2. The molecule has 5 rings (SSSR count). The maximum absolute atomic E-state index is 14.2. The van der Waals surface area contributed by atoms with Gasteiger partial charge in [0.1, 0.15) is 5.75 Å². The number of nitrogens with zero attached hydrogens (tertiary/aromatic N) is 1. The van der Waals surface area contributed by atoms with E-state index < -0.39 is 6.04 Å². The lowest BCUT2D eigenvalue weighted by molar-refractivity contribution is -0.118. The molecule has 1 N–H and O–H groups in total. The quantitative estimate of drug-likeness (QED) is 0.399. The first-order valence-corrected chi connectivity index (χ1v) is 12.4. The second kappa shape index (κ2) is 9.00. The first-order valence-electron chi connectivity index (χ1n) is 11.6. The zero-order valence-corrected chi connectivity index (χ0v) is 21.6. The van der Waals surface area contributed by atoms with Crippen molar-refractivity contribution < 1.29 is 14.3 Å². The number of Topliss-reactive ketones (excluding diaryl/α,β-unsaturated/α-hetero) is 1. The Morgan fingerprint density at radius 3 is 2.37 bits per heavy atom. The molecular formula is C29H27BrN2O3. The zero-order chi connectivity index (χ0) is 24.7. The number of carbonyl (C=O) groups excluding carboxylic acids is 2. The highest BCUT2D eigenvalue weighted by atomic mass is 79.9. The van der Waals surface area contributed by atoms with Crippen LogP contribution in [0.15, 0.2) is 88.5 Å². The fourth-order valence-electron chi connectivity index (χ4n) is 5.04. The molecule has 0 spiro atoms. The number of fused-ring (bicyclic) bond motifs is 1. The predicted octanol–water partition coefficient (Wildman–Crippen LogP) is 6.91. The Morgan fingerprint density at radius 2 is 1.69 bits per heavy atom. The number of hydrogen-bond donors (Lipinski definition) is 1. The molecule has 1 aliphatic heterocycles. The van der Waals surface area contributed by atoms with Crippen molar-refractivity contribution in [2.45, 2.75) is 32.7 Å². The van der Waals surface area contributed by atoms with Crippen LogP contribution < -0.4 is 15.0 Å². The van der Waals surface area contributed by atoms with Gasteiger partial charge in [-0.15, -0.1) is 0 Å². The molecule has 3 aromatic rings. The van der Waals surface area contributed by atoms with E-state index in [1.54, 1.807) is 24.1 Å². The first-order chi connectivity index (χ1) is 16.8. The fraction of sp³-hybridized carbons (Fsp3) is 0.241. The van der Waals surface area contributed by atoms with Crippen molar-refractivity contribution in [3.8, 4) is 5.75 Å². The molecule has 1 heterocycles. The third-order valence-electron chi connectivity index (χ3n) is 6.64. The standard InChI is InChI=1S/C29H27BrN2O3/c1-29(2)16-23-26(25(33)17-29)27(18-10-14-21(35-3)15-11-18)32(24-7-5-4-6-22(24)31-23)28(34)19-8-12-20(30)13-9-19/h4-15,27,31H,16-17H2,1-3H3/t27-/m0/s1. The van der Waals surface area contributed by atoms with E-state index in [0.717, 1.165) is 39.3 Å². The topological polar surface area (TPSA) is 58.6 Å². The number of benzene rings is 3. The summed E-state index contributed by atoms with van der Waals surface area (Å²) in [5.41, 5.74) is 4.31.